The maximum atomic E-state index is 12.8. The van der Waals surface area contributed by atoms with Gasteiger partial charge in [-0.05, 0) is 52.7 Å². The van der Waals surface area contributed by atoms with Gasteiger partial charge < -0.3 is 14.8 Å². The molecule has 1 saturated heterocycles. The Balaban J connectivity index is 1.76. The lowest BCUT2D eigenvalue weighted by atomic mass is 10.1. The number of para-hydroxylation sites is 1. The van der Waals surface area contributed by atoms with Gasteiger partial charge in [0.2, 0.25) is 0 Å². The summed E-state index contributed by atoms with van der Waals surface area (Å²) < 4.78 is 11.2. The Labute approximate surface area is 166 Å². The van der Waals surface area contributed by atoms with E-state index in [9.17, 15) is 9.59 Å². The van der Waals surface area contributed by atoms with E-state index < -0.39 is 17.6 Å². The first-order valence-corrected chi connectivity index (χ1v) is 9.82. The van der Waals surface area contributed by atoms with Crippen LogP contribution in [0.2, 0.25) is 0 Å². The number of esters is 1. The number of hydrogen-bond acceptors (Lipinski definition) is 6. The minimum Gasteiger partial charge on any atom is -0.458 e. The normalized spacial score (nSPS) is 23.3. The van der Waals surface area contributed by atoms with Gasteiger partial charge in [0.05, 0.1) is 17.8 Å². The van der Waals surface area contributed by atoms with Crippen molar-refractivity contribution >= 4 is 23.3 Å². The minimum absolute atomic E-state index is 0.0258. The van der Waals surface area contributed by atoms with Crippen LogP contribution in [0.15, 0.2) is 35.4 Å². The molecule has 0 saturated carbocycles. The summed E-state index contributed by atoms with van der Waals surface area (Å²) in [6.45, 7) is 8.14. The Hall–Kier alpha value is -2.41. The third-order valence-corrected chi connectivity index (χ3v) is 4.75. The summed E-state index contributed by atoms with van der Waals surface area (Å²) in [7, 11) is 0. The molecule has 0 aliphatic carbocycles. The maximum absolute atomic E-state index is 12.8. The van der Waals surface area contributed by atoms with Crippen molar-refractivity contribution in [1.82, 2.24) is 5.32 Å². The first-order chi connectivity index (χ1) is 13.2. The SMILES string of the molecule is C[C@H](NC(=O)C1=NN(c2ccccc2)[C@@H](C(=O)OC(C)(C)C)C1)[C@H]1CCCO1. The van der Waals surface area contributed by atoms with Gasteiger partial charge in [0.1, 0.15) is 11.3 Å². The number of benzene rings is 1. The van der Waals surface area contributed by atoms with E-state index in [1.54, 1.807) is 5.01 Å². The van der Waals surface area contributed by atoms with Crippen molar-refractivity contribution in [3.63, 3.8) is 0 Å². The van der Waals surface area contributed by atoms with Crippen molar-refractivity contribution in [2.24, 2.45) is 5.10 Å². The standard InChI is InChI=1S/C21H29N3O4/c1-14(18-11-8-12-27-18)22-19(25)16-13-17(20(26)28-21(2,3)4)24(23-16)15-9-6-5-7-10-15/h5-7,9-10,14,17-18H,8,11-13H2,1-4H3,(H,22,25)/t14-,17+,18+/m0/s1. The molecule has 1 aromatic carbocycles. The van der Waals surface area contributed by atoms with Crippen LogP contribution in [0.3, 0.4) is 0 Å². The van der Waals surface area contributed by atoms with Crippen molar-refractivity contribution in [3.05, 3.63) is 30.3 Å². The lowest BCUT2D eigenvalue weighted by molar-refractivity contribution is -0.156. The molecule has 2 aliphatic heterocycles. The average Bonchev–Trinajstić information content (AvgIpc) is 3.31. The molecule has 3 rings (SSSR count). The van der Waals surface area contributed by atoms with Crippen molar-refractivity contribution in [1.29, 1.82) is 0 Å². The highest BCUT2D eigenvalue weighted by molar-refractivity contribution is 6.40. The molecule has 0 spiro atoms. The zero-order valence-corrected chi connectivity index (χ0v) is 17.0. The van der Waals surface area contributed by atoms with Crippen molar-refractivity contribution < 1.29 is 19.1 Å². The van der Waals surface area contributed by atoms with Crippen LogP contribution in [-0.4, -0.2) is 48.0 Å². The lowest BCUT2D eigenvalue weighted by Gasteiger charge is -2.26. The Morgan fingerprint density at radius 3 is 2.61 bits per heavy atom. The van der Waals surface area contributed by atoms with Crippen LogP contribution in [0.1, 0.15) is 47.0 Å². The number of hydrazone groups is 1. The van der Waals surface area contributed by atoms with Crippen LogP contribution in [-0.2, 0) is 19.1 Å². The van der Waals surface area contributed by atoms with Crippen molar-refractivity contribution in [2.45, 2.75) is 70.7 Å². The fraction of sp³-hybridized carbons (Fsp3) is 0.571. The van der Waals surface area contributed by atoms with E-state index in [1.807, 2.05) is 58.0 Å². The van der Waals surface area contributed by atoms with E-state index in [-0.39, 0.29) is 24.5 Å². The molecule has 0 unspecified atom stereocenters. The van der Waals surface area contributed by atoms with Gasteiger partial charge in [-0.3, -0.25) is 9.80 Å². The van der Waals surface area contributed by atoms with E-state index in [2.05, 4.69) is 10.4 Å². The van der Waals surface area contributed by atoms with Crippen LogP contribution in [0.25, 0.3) is 0 Å². The summed E-state index contributed by atoms with van der Waals surface area (Å²) in [6.07, 6.45) is 2.17. The highest BCUT2D eigenvalue weighted by Gasteiger charge is 2.39. The van der Waals surface area contributed by atoms with Gasteiger partial charge in [-0.2, -0.15) is 5.10 Å². The fourth-order valence-electron chi connectivity index (χ4n) is 3.40. The highest BCUT2D eigenvalue weighted by Crippen LogP contribution is 2.27. The maximum Gasteiger partial charge on any atom is 0.331 e. The van der Waals surface area contributed by atoms with Crippen LogP contribution in [0, 0.1) is 0 Å². The number of anilines is 1. The number of ether oxygens (including phenoxy) is 2. The molecular weight excluding hydrogens is 358 g/mol. The molecule has 2 heterocycles. The summed E-state index contributed by atoms with van der Waals surface area (Å²) in [6, 6.07) is 8.57. The molecule has 0 bridgehead atoms. The second-order valence-electron chi connectivity index (χ2n) is 8.29. The first kappa shape index (κ1) is 20.3. The van der Waals surface area contributed by atoms with E-state index in [0.717, 1.165) is 25.1 Å². The smallest absolute Gasteiger partial charge is 0.331 e. The van der Waals surface area contributed by atoms with Crippen molar-refractivity contribution in [2.75, 3.05) is 11.6 Å². The summed E-state index contributed by atoms with van der Waals surface area (Å²) in [5, 5.41) is 9.02. The van der Waals surface area contributed by atoms with Gasteiger partial charge in [-0.15, -0.1) is 0 Å². The number of hydrogen-bond donors (Lipinski definition) is 1. The number of carbonyl (C=O) groups excluding carboxylic acids is 2. The van der Waals surface area contributed by atoms with E-state index in [0.29, 0.717) is 5.71 Å². The molecule has 28 heavy (non-hydrogen) atoms. The summed E-state index contributed by atoms with van der Waals surface area (Å²) in [4.78, 5) is 25.5. The third-order valence-electron chi connectivity index (χ3n) is 4.75. The number of nitrogens with zero attached hydrogens (tertiary/aromatic N) is 2. The number of carbonyl (C=O) groups is 2. The number of amides is 1. The van der Waals surface area contributed by atoms with E-state index >= 15 is 0 Å². The monoisotopic (exact) mass is 387 g/mol. The van der Waals surface area contributed by atoms with Crippen LogP contribution in [0.5, 0.6) is 0 Å². The highest BCUT2D eigenvalue weighted by atomic mass is 16.6. The number of nitrogens with one attached hydrogen (secondary N) is 1. The fourth-order valence-corrected chi connectivity index (χ4v) is 3.40. The third kappa shape index (κ3) is 4.90. The van der Waals surface area contributed by atoms with Gasteiger partial charge in [-0.1, -0.05) is 18.2 Å². The van der Waals surface area contributed by atoms with E-state index in [1.165, 1.54) is 0 Å². The van der Waals surface area contributed by atoms with Crippen LogP contribution >= 0.6 is 0 Å². The molecule has 2 aliphatic rings. The predicted octanol–water partition coefficient (Wildman–Crippen LogP) is 2.65. The minimum atomic E-state index is -0.666. The molecule has 0 radical (unpaired) electrons. The molecule has 1 fully saturated rings. The van der Waals surface area contributed by atoms with E-state index in [4.69, 9.17) is 9.47 Å². The Morgan fingerprint density at radius 2 is 2.00 bits per heavy atom. The van der Waals surface area contributed by atoms with Gasteiger partial charge in [0.15, 0.2) is 6.04 Å². The number of rotatable bonds is 5. The molecular formula is C21H29N3O4. The van der Waals surface area contributed by atoms with Gasteiger partial charge in [0.25, 0.3) is 5.91 Å². The largest absolute Gasteiger partial charge is 0.458 e. The average molecular weight is 387 g/mol. The zero-order valence-electron chi connectivity index (χ0n) is 17.0. The summed E-state index contributed by atoms with van der Waals surface area (Å²) in [5.74, 6) is -0.662. The molecule has 7 heteroatoms. The molecule has 152 valence electrons. The van der Waals surface area contributed by atoms with Gasteiger partial charge in [0, 0.05) is 13.0 Å². The van der Waals surface area contributed by atoms with Gasteiger partial charge >= 0.3 is 5.97 Å². The molecule has 1 amide bonds. The molecule has 7 nitrogen and oxygen atoms in total. The second-order valence-corrected chi connectivity index (χ2v) is 8.29. The summed E-state index contributed by atoms with van der Waals surface area (Å²) in [5.41, 5.74) is 0.455. The molecule has 0 aromatic heterocycles. The van der Waals surface area contributed by atoms with Crippen LogP contribution < -0.4 is 10.3 Å². The predicted molar refractivity (Wildman–Crippen MR) is 107 cm³/mol. The van der Waals surface area contributed by atoms with Crippen molar-refractivity contribution in [3.8, 4) is 0 Å². The Morgan fingerprint density at radius 1 is 1.29 bits per heavy atom. The lowest BCUT2D eigenvalue weighted by Crippen LogP contribution is -2.44. The molecule has 1 N–H and O–H groups in total. The quantitative estimate of drug-likeness (QED) is 0.786. The second kappa shape index (κ2) is 8.31. The Kier molecular flexibility index (Phi) is 6.03. The Bertz CT molecular complexity index is 736. The first-order valence-electron chi connectivity index (χ1n) is 9.82. The molecule has 1 aromatic rings. The molecule has 3 atom stereocenters. The van der Waals surface area contributed by atoms with Crippen LogP contribution in [0.4, 0.5) is 5.69 Å². The summed E-state index contributed by atoms with van der Waals surface area (Å²) >= 11 is 0. The van der Waals surface area contributed by atoms with Gasteiger partial charge in [-0.25, -0.2) is 4.79 Å². The topological polar surface area (TPSA) is 80.2 Å². The zero-order chi connectivity index (χ0) is 20.3.